The molecule has 0 saturated heterocycles. The van der Waals surface area contributed by atoms with Gasteiger partial charge in [-0.15, -0.1) is 0 Å². The van der Waals surface area contributed by atoms with Crippen molar-refractivity contribution in [2.24, 2.45) is 5.73 Å². The number of rotatable bonds is 8. The van der Waals surface area contributed by atoms with Gasteiger partial charge in [0.25, 0.3) is 5.69 Å². The number of para-hydroxylation sites is 1. The molecule has 0 heterocycles. The van der Waals surface area contributed by atoms with E-state index in [1.807, 2.05) is 30.3 Å². The summed E-state index contributed by atoms with van der Waals surface area (Å²) in [6.07, 6.45) is 0. The number of esters is 1. The average Bonchev–Trinajstić information content (AvgIpc) is 2.64. The summed E-state index contributed by atoms with van der Waals surface area (Å²) in [7, 11) is 0. The number of carbonyl (C=O) groups is 1. The molecular formula is C18H21N3O4. The second kappa shape index (κ2) is 8.36. The number of nitrogens with one attached hydrogen (secondary N) is 1. The fourth-order valence-corrected chi connectivity index (χ4v) is 2.50. The highest BCUT2D eigenvalue weighted by atomic mass is 16.6. The van der Waals surface area contributed by atoms with Crippen molar-refractivity contribution in [1.82, 2.24) is 5.32 Å². The summed E-state index contributed by atoms with van der Waals surface area (Å²) in [4.78, 5) is 23.5. The van der Waals surface area contributed by atoms with Crippen molar-refractivity contribution in [3.63, 3.8) is 0 Å². The molecule has 0 fully saturated rings. The van der Waals surface area contributed by atoms with Crippen LogP contribution in [0.2, 0.25) is 0 Å². The van der Waals surface area contributed by atoms with Gasteiger partial charge >= 0.3 is 5.97 Å². The van der Waals surface area contributed by atoms with Crippen LogP contribution in [0.1, 0.15) is 18.1 Å². The molecule has 0 saturated carbocycles. The Bertz CT molecular complexity index is 736. The first-order valence-electron chi connectivity index (χ1n) is 7.89. The molecule has 0 unspecified atom stereocenters. The van der Waals surface area contributed by atoms with Gasteiger partial charge in [-0.25, -0.2) is 4.79 Å². The quantitative estimate of drug-likeness (QED) is 0.432. The highest BCUT2D eigenvalue weighted by Crippen LogP contribution is 2.31. The lowest BCUT2D eigenvalue weighted by Crippen LogP contribution is -2.48. The molecule has 25 heavy (non-hydrogen) atoms. The number of nitro groups is 1. The number of hydrogen-bond donors (Lipinski definition) is 2. The van der Waals surface area contributed by atoms with Crippen LogP contribution in [0.4, 0.5) is 5.69 Å². The van der Waals surface area contributed by atoms with Crippen LogP contribution in [0.3, 0.4) is 0 Å². The molecule has 0 aliphatic carbocycles. The van der Waals surface area contributed by atoms with Crippen molar-refractivity contribution >= 4 is 11.7 Å². The Kier molecular flexibility index (Phi) is 6.21. The summed E-state index contributed by atoms with van der Waals surface area (Å²) in [5.74, 6) is -0.608. The van der Waals surface area contributed by atoms with Crippen molar-refractivity contribution in [3.8, 4) is 0 Å². The van der Waals surface area contributed by atoms with Gasteiger partial charge in [0, 0.05) is 19.2 Å². The lowest BCUT2D eigenvalue weighted by molar-refractivity contribution is -0.386. The first-order valence-corrected chi connectivity index (χ1v) is 7.89. The zero-order valence-electron chi connectivity index (χ0n) is 14.0. The van der Waals surface area contributed by atoms with Crippen LogP contribution in [0.25, 0.3) is 0 Å². The third-order valence-corrected chi connectivity index (χ3v) is 3.89. The molecule has 0 amide bonds. The normalized spacial score (nSPS) is 13.0. The van der Waals surface area contributed by atoms with E-state index in [1.165, 1.54) is 6.07 Å². The van der Waals surface area contributed by atoms with Gasteiger partial charge in [-0.2, -0.15) is 0 Å². The van der Waals surface area contributed by atoms with E-state index >= 15 is 0 Å². The third-order valence-electron chi connectivity index (χ3n) is 3.89. The molecule has 7 nitrogen and oxygen atoms in total. The average molecular weight is 343 g/mol. The third kappa shape index (κ3) is 4.40. The van der Waals surface area contributed by atoms with E-state index < -0.39 is 16.4 Å². The van der Waals surface area contributed by atoms with Crippen molar-refractivity contribution in [2.75, 3.05) is 13.2 Å². The largest absolute Gasteiger partial charge is 0.463 e. The lowest BCUT2D eigenvalue weighted by Gasteiger charge is -2.29. The Morgan fingerprint density at radius 1 is 1.20 bits per heavy atom. The van der Waals surface area contributed by atoms with E-state index in [0.717, 1.165) is 5.56 Å². The number of carbonyl (C=O) groups excluding carboxylic acids is 1. The minimum Gasteiger partial charge on any atom is -0.463 e. The molecule has 0 aliphatic rings. The van der Waals surface area contributed by atoms with Crippen molar-refractivity contribution in [2.45, 2.75) is 19.0 Å². The maximum atomic E-state index is 12.7. The molecule has 1 atom stereocenters. The van der Waals surface area contributed by atoms with E-state index in [-0.39, 0.29) is 24.4 Å². The summed E-state index contributed by atoms with van der Waals surface area (Å²) in [5.41, 5.74) is 5.06. The molecule has 0 radical (unpaired) electrons. The maximum absolute atomic E-state index is 12.7. The lowest BCUT2D eigenvalue weighted by atomic mass is 9.90. The second-order valence-electron chi connectivity index (χ2n) is 5.66. The van der Waals surface area contributed by atoms with Crippen molar-refractivity contribution < 1.29 is 14.5 Å². The molecule has 132 valence electrons. The molecule has 0 aromatic heterocycles. The van der Waals surface area contributed by atoms with Gasteiger partial charge < -0.3 is 10.5 Å². The number of nitrogens with two attached hydrogens (primary N) is 1. The first kappa shape index (κ1) is 18.6. The number of nitrogens with zero attached hydrogens (tertiary/aromatic N) is 1. The van der Waals surface area contributed by atoms with E-state index in [0.29, 0.717) is 6.54 Å². The van der Waals surface area contributed by atoms with Crippen LogP contribution >= 0.6 is 0 Å². The Morgan fingerprint density at radius 3 is 2.48 bits per heavy atom. The Hall–Kier alpha value is -2.77. The standard InChI is InChI=1S/C18H21N3O4/c1-18(17(22)25-12-11-19,20-13-14-7-3-2-4-8-14)15-9-5-6-10-16(15)21(23)24/h2-10,20H,11-13,19H2,1H3/t18-/m1/s1. The monoisotopic (exact) mass is 343 g/mol. The molecular weight excluding hydrogens is 322 g/mol. The number of benzene rings is 2. The van der Waals surface area contributed by atoms with Crippen LogP contribution in [0, 0.1) is 10.1 Å². The summed E-state index contributed by atoms with van der Waals surface area (Å²) in [6, 6.07) is 15.6. The van der Waals surface area contributed by atoms with Gasteiger partial charge in [0.15, 0.2) is 0 Å². The fraction of sp³-hybridized carbons (Fsp3) is 0.278. The summed E-state index contributed by atoms with van der Waals surface area (Å²) < 4.78 is 5.18. The molecule has 2 rings (SSSR count). The van der Waals surface area contributed by atoms with Crippen molar-refractivity contribution in [1.29, 1.82) is 0 Å². The van der Waals surface area contributed by atoms with E-state index in [1.54, 1.807) is 25.1 Å². The van der Waals surface area contributed by atoms with Gasteiger partial charge in [0.05, 0.1) is 10.5 Å². The van der Waals surface area contributed by atoms with Gasteiger partial charge in [-0.05, 0) is 18.6 Å². The Morgan fingerprint density at radius 2 is 1.84 bits per heavy atom. The zero-order valence-corrected chi connectivity index (χ0v) is 14.0. The Labute approximate surface area is 145 Å². The molecule has 0 aliphatic heterocycles. The van der Waals surface area contributed by atoms with Crippen LogP contribution < -0.4 is 11.1 Å². The summed E-state index contributed by atoms with van der Waals surface area (Å²) >= 11 is 0. The zero-order chi connectivity index (χ0) is 18.3. The first-order chi connectivity index (χ1) is 12.0. The molecule has 3 N–H and O–H groups in total. The molecule has 7 heteroatoms. The smallest absolute Gasteiger partial charge is 0.331 e. The van der Waals surface area contributed by atoms with Gasteiger partial charge in [-0.3, -0.25) is 15.4 Å². The predicted molar refractivity (Wildman–Crippen MR) is 93.7 cm³/mol. The summed E-state index contributed by atoms with van der Waals surface area (Å²) in [6.45, 7) is 2.15. The fourth-order valence-electron chi connectivity index (χ4n) is 2.50. The van der Waals surface area contributed by atoms with Crippen LogP contribution in [0.15, 0.2) is 54.6 Å². The molecule has 0 bridgehead atoms. The number of ether oxygens (including phenoxy) is 1. The van der Waals surface area contributed by atoms with Crippen molar-refractivity contribution in [3.05, 3.63) is 75.8 Å². The Balaban J connectivity index is 2.38. The van der Waals surface area contributed by atoms with Gasteiger partial charge in [-0.1, -0.05) is 42.5 Å². The minimum atomic E-state index is -1.38. The minimum absolute atomic E-state index is 0.0437. The maximum Gasteiger partial charge on any atom is 0.331 e. The number of hydrogen-bond acceptors (Lipinski definition) is 6. The highest BCUT2D eigenvalue weighted by Gasteiger charge is 2.41. The molecule has 2 aromatic carbocycles. The van der Waals surface area contributed by atoms with Crippen LogP contribution in [-0.4, -0.2) is 24.0 Å². The topological polar surface area (TPSA) is 107 Å². The van der Waals surface area contributed by atoms with E-state index in [4.69, 9.17) is 10.5 Å². The van der Waals surface area contributed by atoms with Gasteiger partial charge in [0.2, 0.25) is 0 Å². The van der Waals surface area contributed by atoms with E-state index in [2.05, 4.69) is 5.32 Å². The molecule has 2 aromatic rings. The van der Waals surface area contributed by atoms with Crippen LogP contribution in [-0.2, 0) is 21.6 Å². The summed E-state index contributed by atoms with van der Waals surface area (Å²) in [5, 5.41) is 14.5. The SMILES string of the molecule is C[C@](NCc1ccccc1)(C(=O)OCCN)c1ccccc1[N+](=O)[O-]. The molecule has 0 spiro atoms. The number of nitro benzene ring substituents is 1. The predicted octanol–water partition coefficient (Wildman–Crippen LogP) is 2.10. The second-order valence-corrected chi connectivity index (χ2v) is 5.66. The van der Waals surface area contributed by atoms with E-state index in [9.17, 15) is 14.9 Å². The van der Waals surface area contributed by atoms with Gasteiger partial charge in [0.1, 0.15) is 12.1 Å². The highest BCUT2D eigenvalue weighted by molar-refractivity contribution is 5.83. The van der Waals surface area contributed by atoms with Crippen LogP contribution in [0.5, 0.6) is 0 Å².